The number of carbonyl (C=O) groups is 3. The van der Waals surface area contributed by atoms with E-state index in [-0.39, 0.29) is 27.3 Å². The molecule has 11 nitrogen and oxygen atoms in total. The molecule has 4 rings (SSSR count). The standard InChI is InChI=1S/C22H15N3O8S/c26-20-16-8-1-2-9-17(16)21(27)24(20)13-33-22(28)18-10-3-4-11-19(18)23-34(31,32)15-7-5-6-14(12-15)25(29)30/h1-12,23H,13H2. The molecule has 0 aliphatic carbocycles. The van der Waals surface area contributed by atoms with E-state index in [4.69, 9.17) is 4.74 Å². The summed E-state index contributed by atoms with van der Waals surface area (Å²) in [6.07, 6.45) is 0. The van der Waals surface area contributed by atoms with Crippen LogP contribution in [-0.4, -0.2) is 42.8 Å². The molecule has 1 N–H and O–H groups in total. The van der Waals surface area contributed by atoms with Gasteiger partial charge >= 0.3 is 5.97 Å². The minimum absolute atomic E-state index is 0.152. The number of fused-ring (bicyclic) bond motifs is 1. The molecule has 1 heterocycles. The van der Waals surface area contributed by atoms with Gasteiger partial charge in [-0.3, -0.25) is 24.4 Å². The molecule has 0 saturated carbocycles. The fraction of sp³-hybridized carbons (Fsp3) is 0.0455. The van der Waals surface area contributed by atoms with Crippen molar-refractivity contribution < 1.29 is 32.5 Å². The molecule has 3 aromatic rings. The zero-order valence-corrected chi connectivity index (χ0v) is 18.0. The van der Waals surface area contributed by atoms with Crippen molar-refractivity contribution in [2.24, 2.45) is 0 Å². The number of hydrogen-bond donors (Lipinski definition) is 1. The molecule has 2 amide bonds. The number of nitrogens with zero attached hydrogens (tertiary/aromatic N) is 2. The molecule has 1 aliphatic rings. The number of amides is 2. The Bertz CT molecular complexity index is 1420. The number of imide groups is 1. The van der Waals surface area contributed by atoms with Crippen LogP contribution in [0.1, 0.15) is 31.1 Å². The van der Waals surface area contributed by atoms with Crippen molar-refractivity contribution in [3.63, 3.8) is 0 Å². The first kappa shape index (κ1) is 22.6. The maximum atomic E-state index is 12.7. The Morgan fingerprint density at radius 1 is 0.941 bits per heavy atom. The van der Waals surface area contributed by atoms with Gasteiger partial charge < -0.3 is 4.74 Å². The van der Waals surface area contributed by atoms with Crippen LogP contribution in [0.5, 0.6) is 0 Å². The van der Waals surface area contributed by atoms with Crippen LogP contribution in [0.2, 0.25) is 0 Å². The lowest BCUT2D eigenvalue weighted by Gasteiger charge is -2.16. The smallest absolute Gasteiger partial charge is 0.342 e. The normalized spacial score (nSPS) is 12.9. The summed E-state index contributed by atoms with van der Waals surface area (Å²) in [5.74, 6) is -2.23. The summed E-state index contributed by atoms with van der Waals surface area (Å²) < 4.78 is 32.8. The van der Waals surface area contributed by atoms with Gasteiger partial charge in [-0.15, -0.1) is 0 Å². The summed E-state index contributed by atoms with van der Waals surface area (Å²) in [7, 11) is -4.29. The van der Waals surface area contributed by atoms with Gasteiger partial charge in [0.15, 0.2) is 6.73 Å². The predicted molar refractivity (Wildman–Crippen MR) is 118 cm³/mol. The molecule has 0 fully saturated rings. The lowest BCUT2D eigenvalue weighted by Crippen LogP contribution is -2.33. The molecule has 0 unspecified atom stereocenters. The predicted octanol–water partition coefficient (Wildman–Crippen LogP) is 2.81. The van der Waals surface area contributed by atoms with Crippen LogP contribution in [0.25, 0.3) is 0 Å². The summed E-state index contributed by atoms with van der Waals surface area (Å²) in [6, 6.07) is 16.1. The highest BCUT2D eigenvalue weighted by molar-refractivity contribution is 7.92. The number of ether oxygens (including phenoxy) is 1. The van der Waals surface area contributed by atoms with Crippen molar-refractivity contribution in [3.05, 3.63) is 99.6 Å². The lowest BCUT2D eigenvalue weighted by molar-refractivity contribution is -0.385. The summed E-state index contributed by atoms with van der Waals surface area (Å²) in [6.45, 7) is -0.669. The Kier molecular flexibility index (Phi) is 5.82. The van der Waals surface area contributed by atoms with E-state index in [0.717, 1.165) is 17.0 Å². The number of carbonyl (C=O) groups excluding carboxylic acids is 3. The van der Waals surface area contributed by atoms with E-state index >= 15 is 0 Å². The first-order chi connectivity index (χ1) is 16.2. The minimum atomic E-state index is -4.29. The number of sulfonamides is 1. The van der Waals surface area contributed by atoms with Gasteiger partial charge in [0.1, 0.15) is 0 Å². The van der Waals surface area contributed by atoms with Crippen molar-refractivity contribution in [1.82, 2.24) is 4.90 Å². The number of rotatable bonds is 7. The molecular weight excluding hydrogens is 466 g/mol. The average Bonchev–Trinajstić information content (AvgIpc) is 3.07. The van der Waals surface area contributed by atoms with Crippen LogP contribution in [0.4, 0.5) is 11.4 Å². The number of nitrogens with one attached hydrogen (secondary N) is 1. The molecule has 0 radical (unpaired) electrons. The van der Waals surface area contributed by atoms with Gasteiger partial charge in [0, 0.05) is 12.1 Å². The second-order valence-corrected chi connectivity index (χ2v) is 8.73. The van der Waals surface area contributed by atoms with Gasteiger partial charge in [0.2, 0.25) is 0 Å². The number of benzene rings is 3. The number of esters is 1. The molecule has 34 heavy (non-hydrogen) atoms. The van der Waals surface area contributed by atoms with E-state index in [1.807, 2.05) is 0 Å². The molecule has 0 aromatic heterocycles. The number of nitro benzene ring substituents is 1. The van der Waals surface area contributed by atoms with E-state index in [1.54, 1.807) is 12.1 Å². The van der Waals surface area contributed by atoms with E-state index in [9.17, 15) is 32.9 Å². The van der Waals surface area contributed by atoms with Crippen LogP contribution in [0, 0.1) is 10.1 Å². The monoisotopic (exact) mass is 481 g/mol. The highest BCUT2D eigenvalue weighted by atomic mass is 32.2. The molecule has 172 valence electrons. The molecular formula is C22H15N3O8S. The third-order valence-electron chi connectivity index (χ3n) is 4.93. The number of hydrogen-bond acceptors (Lipinski definition) is 8. The van der Waals surface area contributed by atoms with Gasteiger partial charge in [-0.2, -0.15) is 0 Å². The molecule has 0 spiro atoms. The van der Waals surface area contributed by atoms with E-state index in [1.165, 1.54) is 48.5 Å². The highest BCUT2D eigenvalue weighted by Crippen LogP contribution is 2.25. The first-order valence-electron chi connectivity index (χ1n) is 9.68. The Hall–Kier alpha value is -4.58. The highest BCUT2D eigenvalue weighted by Gasteiger charge is 2.36. The number of para-hydroxylation sites is 1. The van der Waals surface area contributed by atoms with Gasteiger partial charge in [-0.05, 0) is 30.3 Å². The van der Waals surface area contributed by atoms with Crippen molar-refractivity contribution in [2.75, 3.05) is 11.5 Å². The van der Waals surface area contributed by atoms with Crippen LogP contribution < -0.4 is 4.72 Å². The Balaban J connectivity index is 1.52. The average molecular weight is 481 g/mol. The van der Waals surface area contributed by atoms with E-state index < -0.39 is 45.1 Å². The van der Waals surface area contributed by atoms with E-state index in [2.05, 4.69) is 4.72 Å². The third kappa shape index (κ3) is 4.21. The van der Waals surface area contributed by atoms with Crippen molar-refractivity contribution in [3.8, 4) is 0 Å². The zero-order chi connectivity index (χ0) is 24.5. The SMILES string of the molecule is O=C(OCN1C(=O)c2ccccc2C1=O)c1ccccc1NS(=O)(=O)c1cccc([N+](=O)[O-])c1. The van der Waals surface area contributed by atoms with Crippen LogP contribution in [-0.2, 0) is 14.8 Å². The van der Waals surface area contributed by atoms with Crippen LogP contribution in [0.3, 0.4) is 0 Å². The molecule has 1 aliphatic heterocycles. The van der Waals surface area contributed by atoms with Gasteiger partial charge in [0.05, 0.1) is 32.2 Å². The molecule has 0 bridgehead atoms. The van der Waals surface area contributed by atoms with Crippen molar-refractivity contribution in [1.29, 1.82) is 0 Å². The fourth-order valence-corrected chi connectivity index (χ4v) is 4.39. The quantitative estimate of drug-likeness (QED) is 0.234. The summed E-state index contributed by atoms with van der Waals surface area (Å²) in [4.78, 5) is 48.1. The van der Waals surface area contributed by atoms with Crippen LogP contribution in [0.15, 0.2) is 77.7 Å². The van der Waals surface area contributed by atoms with Gasteiger partial charge in [0.25, 0.3) is 27.5 Å². The van der Waals surface area contributed by atoms with E-state index in [0.29, 0.717) is 0 Å². The lowest BCUT2D eigenvalue weighted by atomic mass is 10.1. The zero-order valence-electron chi connectivity index (χ0n) is 17.2. The van der Waals surface area contributed by atoms with Gasteiger partial charge in [-0.25, -0.2) is 18.1 Å². The summed E-state index contributed by atoms with van der Waals surface area (Å²) in [5, 5.41) is 11.0. The number of anilines is 1. The first-order valence-corrected chi connectivity index (χ1v) is 11.2. The Morgan fingerprint density at radius 2 is 1.56 bits per heavy atom. The largest absolute Gasteiger partial charge is 0.440 e. The minimum Gasteiger partial charge on any atom is -0.440 e. The molecule has 0 atom stereocenters. The Morgan fingerprint density at radius 3 is 2.21 bits per heavy atom. The Labute approximate surface area is 192 Å². The second kappa shape index (κ2) is 8.75. The summed E-state index contributed by atoms with van der Waals surface area (Å²) >= 11 is 0. The number of nitro groups is 1. The second-order valence-electron chi connectivity index (χ2n) is 7.05. The van der Waals surface area contributed by atoms with Crippen molar-refractivity contribution in [2.45, 2.75) is 4.90 Å². The fourth-order valence-electron chi connectivity index (χ4n) is 3.28. The number of non-ortho nitro benzene ring substituents is 1. The summed E-state index contributed by atoms with van der Waals surface area (Å²) in [5.41, 5.74) is -0.381. The maximum Gasteiger partial charge on any atom is 0.342 e. The topological polar surface area (TPSA) is 153 Å². The molecule has 3 aromatic carbocycles. The van der Waals surface area contributed by atoms with Gasteiger partial charge in [-0.1, -0.05) is 30.3 Å². The third-order valence-corrected chi connectivity index (χ3v) is 6.30. The maximum absolute atomic E-state index is 12.7. The molecule has 12 heteroatoms. The van der Waals surface area contributed by atoms with Crippen molar-refractivity contribution >= 4 is 39.2 Å². The van der Waals surface area contributed by atoms with Crippen LogP contribution >= 0.6 is 0 Å². The molecule has 0 saturated heterocycles.